The fourth-order valence-corrected chi connectivity index (χ4v) is 3.37. The standard InChI is InChI=1S/C17H19N5/c1-21-15-6-3-2-5-14(15)20-17(21)11-22-10-4-7-16(22)13-8-9-18-12-19-13/h2-3,5-6,8-9,12,16H,4,7,10-11H2,1H3/t16-/m0/s1. The molecule has 0 saturated carbocycles. The highest BCUT2D eigenvalue weighted by atomic mass is 15.2. The van der Waals surface area contributed by atoms with Crippen molar-refractivity contribution < 1.29 is 0 Å². The summed E-state index contributed by atoms with van der Waals surface area (Å²) in [4.78, 5) is 15.7. The Morgan fingerprint density at radius 1 is 1.23 bits per heavy atom. The number of imidazole rings is 1. The van der Waals surface area contributed by atoms with Crippen molar-refractivity contribution in [1.82, 2.24) is 24.4 Å². The Morgan fingerprint density at radius 2 is 2.14 bits per heavy atom. The number of likely N-dealkylation sites (tertiary alicyclic amines) is 1. The van der Waals surface area contributed by atoms with Gasteiger partial charge in [-0.15, -0.1) is 0 Å². The zero-order valence-corrected chi connectivity index (χ0v) is 12.7. The zero-order chi connectivity index (χ0) is 14.9. The van der Waals surface area contributed by atoms with Crippen molar-refractivity contribution in [3.63, 3.8) is 0 Å². The largest absolute Gasteiger partial charge is 0.330 e. The third kappa shape index (κ3) is 2.27. The van der Waals surface area contributed by atoms with Gasteiger partial charge in [-0.2, -0.15) is 0 Å². The molecule has 1 aliphatic heterocycles. The molecule has 1 atom stereocenters. The molecule has 4 rings (SSSR count). The van der Waals surface area contributed by atoms with Gasteiger partial charge in [0.2, 0.25) is 0 Å². The van der Waals surface area contributed by atoms with Crippen LogP contribution in [0.5, 0.6) is 0 Å². The quantitative estimate of drug-likeness (QED) is 0.745. The summed E-state index contributed by atoms with van der Waals surface area (Å²) in [6.45, 7) is 1.96. The zero-order valence-electron chi connectivity index (χ0n) is 12.7. The van der Waals surface area contributed by atoms with Gasteiger partial charge in [-0.25, -0.2) is 15.0 Å². The first-order valence-corrected chi connectivity index (χ1v) is 7.73. The number of para-hydroxylation sites is 2. The maximum Gasteiger partial charge on any atom is 0.123 e. The first-order chi connectivity index (χ1) is 10.8. The van der Waals surface area contributed by atoms with Crippen LogP contribution in [-0.2, 0) is 13.6 Å². The topological polar surface area (TPSA) is 46.8 Å². The molecular weight excluding hydrogens is 274 g/mol. The predicted octanol–water partition coefficient (Wildman–Crippen LogP) is 2.70. The van der Waals surface area contributed by atoms with E-state index in [2.05, 4.69) is 44.7 Å². The number of hydrogen-bond donors (Lipinski definition) is 0. The van der Waals surface area contributed by atoms with Crippen LogP contribution in [-0.4, -0.2) is 31.0 Å². The molecule has 3 heterocycles. The van der Waals surface area contributed by atoms with Gasteiger partial charge >= 0.3 is 0 Å². The molecule has 0 unspecified atom stereocenters. The molecule has 5 heteroatoms. The van der Waals surface area contributed by atoms with Crippen LogP contribution in [0.3, 0.4) is 0 Å². The lowest BCUT2D eigenvalue weighted by molar-refractivity contribution is 0.236. The van der Waals surface area contributed by atoms with Crippen molar-refractivity contribution in [3.05, 3.63) is 54.4 Å². The summed E-state index contributed by atoms with van der Waals surface area (Å²) in [6, 6.07) is 10.7. The van der Waals surface area contributed by atoms with Crippen molar-refractivity contribution in [3.8, 4) is 0 Å². The number of hydrogen-bond acceptors (Lipinski definition) is 4. The summed E-state index contributed by atoms with van der Waals surface area (Å²) < 4.78 is 2.20. The number of aryl methyl sites for hydroxylation is 1. The van der Waals surface area contributed by atoms with Crippen LogP contribution >= 0.6 is 0 Å². The number of benzene rings is 1. The third-order valence-electron chi connectivity index (χ3n) is 4.53. The summed E-state index contributed by atoms with van der Waals surface area (Å²) in [5.41, 5.74) is 3.37. The Kier molecular flexibility index (Phi) is 3.35. The van der Waals surface area contributed by atoms with Crippen LogP contribution in [0.1, 0.15) is 30.4 Å². The van der Waals surface area contributed by atoms with Gasteiger partial charge in [0.1, 0.15) is 12.2 Å². The molecule has 0 aliphatic carbocycles. The second-order valence-electron chi connectivity index (χ2n) is 5.84. The Balaban J connectivity index is 1.63. The Morgan fingerprint density at radius 3 is 2.95 bits per heavy atom. The van der Waals surface area contributed by atoms with Gasteiger partial charge in [-0.1, -0.05) is 12.1 Å². The monoisotopic (exact) mass is 293 g/mol. The van der Waals surface area contributed by atoms with E-state index in [-0.39, 0.29) is 0 Å². The molecule has 22 heavy (non-hydrogen) atoms. The average Bonchev–Trinajstić information content (AvgIpc) is 3.15. The van der Waals surface area contributed by atoms with Gasteiger partial charge in [-0.3, -0.25) is 4.90 Å². The smallest absolute Gasteiger partial charge is 0.123 e. The Labute approximate surface area is 129 Å². The fourth-order valence-electron chi connectivity index (χ4n) is 3.37. The molecule has 5 nitrogen and oxygen atoms in total. The molecule has 2 aromatic heterocycles. The van der Waals surface area contributed by atoms with Crippen LogP contribution in [0.4, 0.5) is 0 Å². The van der Waals surface area contributed by atoms with E-state index < -0.39 is 0 Å². The summed E-state index contributed by atoms with van der Waals surface area (Å²) in [7, 11) is 2.10. The van der Waals surface area contributed by atoms with Crippen LogP contribution in [0.25, 0.3) is 11.0 Å². The minimum absolute atomic E-state index is 0.378. The number of rotatable bonds is 3. The average molecular weight is 293 g/mol. The van der Waals surface area contributed by atoms with Crippen molar-refractivity contribution in [2.24, 2.45) is 7.05 Å². The predicted molar refractivity (Wildman–Crippen MR) is 85.1 cm³/mol. The number of aromatic nitrogens is 4. The lowest BCUT2D eigenvalue weighted by Gasteiger charge is -2.23. The van der Waals surface area contributed by atoms with Crippen molar-refractivity contribution in [1.29, 1.82) is 0 Å². The van der Waals surface area contributed by atoms with E-state index in [4.69, 9.17) is 4.98 Å². The molecule has 1 aliphatic rings. The van der Waals surface area contributed by atoms with E-state index in [1.807, 2.05) is 18.3 Å². The Hall–Kier alpha value is -2.27. The molecule has 0 N–H and O–H groups in total. The fraction of sp³-hybridized carbons (Fsp3) is 0.353. The lowest BCUT2D eigenvalue weighted by atomic mass is 10.1. The molecular formula is C17H19N5. The van der Waals surface area contributed by atoms with Gasteiger partial charge in [0.05, 0.1) is 29.3 Å². The first kappa shape index (κ1) is 13.4. The minimum Gasteiger partial charge on any atom is -0.330 e. The summed E-state index contributed by atoms with van der Waals surface area (Å²) >= 11 is 0. The SMILES string of the molecule is Cn1c(CN2CCC[C@H]2c2ccncn2)nc2ccccc21. The maximum atomic E-state index is 4.79. The van der Waals surface area contributed by atoms with Gasteiger partial charge in [0, 0.05) is 13.2 Å². The second kappa shape index (κ2) is 5.50. The van der Waals surface area contributed by atoms with Crippen LogP contribution < -0.4 is 0 Å². The van der Waals surface area contributed by atoms with Crippen molar-refractivity contribution in [2.45, 2.75) is 25.4 Å². The molecule has 0 bridgehead atoms. The summed E-state index contributed by atoms with van der Waals surface area (Å²) in [5, 5.41) is 0. The molecule has 0 amide bonds. The van der Waals surface area contributed by atoms with Crippen LogP contribution in [0.15, 0.2) is 42.9 Å². The summed E-state index contributed by atoms with van der Waals surface area (Å²) in [5.74, 6) is 1.11. The lowest BCUT2D eigenvalue weighted by Crippen LogP contribution is -2.25. The molecule has 112 valence electrons. The molecule has 3 aromatic rings. The highest BCUT2D eigenvalue weighted by molar-refractivity contribution is 5.75. The first-order valence-electron chi connectivity index (χ1n) is 7.73. The molecule has 0 spiro atoms. The highest BCUT2D eigenvalue weighted by Gasteiger charge is 2.28. The van der Waals surface area contributed by atoms with Crippen LogP contribution in [0, 0.1) is 0 Å². The number of nitrogens with zero attached hydrogens (tertiary/aromatic N) is 5. The molecule has 0 radical (unpaired) electrons. The van der Waals surface area contributed by atoms with Crippen molar-refractivity contribution in [2.75, 3.05) is 6.54 Å². The van der Waals surface area contributed by atoms with E-state index in [1.54, 1.807) is 6.33 Å². The van der Waals surface area contributed by atoms with Gasteiger partial charge < -0.3 is 4.57 Å². The Bertz CT molecular complexity index is 780. The van der Waals surface area contributed by atoms with E-state index in [9.17, 15) is 0 Å². The molecule has 1 saturated heterocycles. The van der Waals surface area contributed by atoms with E-state index in [0.717, 1.165) is 36.5 Å². The highest BCUT2D eigenvalue weighted by Crippen LogP contribution is 2.31. The van der Waals surface area contributed by atoms with E-state index >= 15 is 0 Å². The molecule has 1 fully saturated rings. The van der Waals surface area contributed by atoms with E-state index in [0.29, 0.717) is 6.04 Å². The second-order valence-corrected chi connectivity index (χ2v) is 5.84. The normalized spacial score (nSPS) is 19.0. The van der Waals surface area contributed by atoms with E-state index in [1.165, 1.54) is 11.9 Å². The van der Waals surface area contributed by atoms with Gasteiger partial charge in [-0.05, 0) is 37.6 Å². The van der Waals surface area contributed by atoms with Gasteiger partial charge in [0.15, 0.2) is 0 Å². The van der Waals surface area contributed by atoms with Gasteiger partial charge in [0.25, 0.3) is 0 Å². The minimum atomic E-state index is 0.378. The van der Waals surface area contributed by atoms with Crippen LogP contribution in [0.2, 0.25) is 0 Å². The van der Waals surface area contributed by atoms with Crippen molar-refractivity contribution >= 4 is 11.0 Å². The maximum absolute atomic E-state index is 4.79. The summed E-state index contributed by atoms with van der Waals surface area (Å²) in [6.07, 6.45) is 5.83. The molecule has 1 aromatic carbocycles. The third-order valence-corrected chi connectivity index (χ3v) is 4.53. The number of fused-ring (bicyclic) bond motifs is 1.